The van der Waals surface area contributed by atoms with Crippen molar-refractivity contribution in [2.75, 3.05) is 7.11 Å². The molecule has 0 aromatic heterocycles. The summed E-state index contributed by atoms with van der Waals surface area (Å²) in [5.74, 6) is 1.82. The van der Waals surface area contributed by atoms with Crippen LogP contribution in [0.15, 0.2) is 121 Å². The van der Waals surface area contributed by atoms with Crippen molar-refractivity contribution in [1.29, 1.82) is 0 Å². The number of aryl methyl sites for hydroxylation is 8. The number of benzene rings is 7. The SMILES string of the molecule is COc1c(C)cc(C(C)(CC(C)C)c2cc(C)c(OC(=O)c3ccc(-c4ccc(C(=O)Oc5c(C)cc(C(C)(CC(C)C)c6cc(C)c(OC(=O)c7ccc(C(C)=O)cc7)c(C)c6)cc5C)cc4)cc3)c(C)c2)cc1C. The Morgan fingerprint density at radius 2 is 0.605 bits per heavy atom. The number of carbonyl (C=O) groups excluding carboxylic acids is 4. The summed E-state index contributed by atoms with van der Waals surface area (Å²) in [6, 6.07) is 38.3. The van der Waals surface area contributed by atoms with Crippen LogP contribution in [-0.4, -0.2) is 30.8 Å². The molecule has 0 N–H and O–H groups in total. The van der Waals surface area contributed by atoms with Gasteiger partial charge in [-0.1, -0.05) is 126 Å². The van der Waals surface area contributed by atoms with Crippen molar-refractivity contribution in [2.45, 2.75) is 128 Å². The number of rotatable bonds is 17. The number of ketones is 1. The first-order chi connectivity index (χ1) is 35.8. The third-order valence-electron chi connectivity index (χ3n) is 14.9. The molecule has 0 aliphatic heterocycles. The number of methoxy groups -OCH3 is 1. The minimum Gasteiger partial charge on any atom is -0.496 e. The normalized spacial score (nSPS) is 13.0. The van der Waals surface area contributed by atoms with Crippen molar-refractivity contribution in [3.05, 3.63) is 210 Å². The van der Waals surface area contributed by atoms with Crippen LogP contribution in [-0.2, 0) is 10.8 Å². The van der Waals surface area contributed by atoms with Crippen LogP contribution >= 0.6 is 0 Å². The van der Waals surface area contributed by atoms with Crippen LogP contribution in [0, 0.1) is 67.2 Å². The van der Waals surface area contributed by atoms with E-state index in [9.17, 15) is 19.2 Å². The van der Waals surface area contributed by atoms with Crippen LogP contribution in [0.3, 0.4) is 0 Å². The standard InChI is InChI=1S/C68H74O8/c1-39(2)37-67(14,56-29-41(5)60(73-16)42(6)30-56)57-31-43(7)62(44(8)32-57)75-65(71)54-25-19-51(20-26-54)52-21-27-55(28-22-52)66(72)76-63-47(11)35-59(36-48(63)12)68(15,38-40(3)4)58-33-45(9)61(46(10)34-58)74-64(70)53-23-17-50(18-24-53)49(13)69/h17-36,39-40H,37-38H2,1-16H3. The number of hydrogen-bond acceptors (Lipinski definition) is 8. The highest BCUT2D eigenvalue weighted by Gasteiger charge is 2.34. The van der Waals surface area contributed by atoms with E-state index in [1.54, 1.807) is 55.6 Å². The fourth-order valence-corrected chi connectivity index (χ4v) is 11.2. The Labute approximate surface area is 450 Å². The predicted molar refractivity (Wildman–Crippen MR) is 305 cm³/mol. The predicted octanol–water partition coefficient (Wildman–Crippen LogP) is 16.4. The second-order valence-electron chi connectivity index (χ2n) is 22.3. The number of Topliss-reactive ketones (excluding diaryl/α,β-unsaturated/α-hetero) is 1. The summed E-state index contributed by atoms with van der Waals surface area (Å²) in [5, 5.41) is 0. The summed E-state index contributed by atoms with van der Waals surface area (Å²) < 4.78 is 23.9. The van der Waals surface area contributed by atoms with Gasteiger partial charge in [-0.2, -0.15) is 0 Å². The lowest BCUT2D eigenvalue weighted by Gasteiger charge is -2.34. The Balaban J connectivity index is 1.03. The fourth-order valence-electron chi connectivity index (χ4n) is 11.2. The van der Waals surface area contributed by atoms with E-state index in [4.69, 9.17) is 18.9 Å². The molecule has 0 aliphatic carbocycles. The van der Waals surface area contributed by atoms with E-state index in [1.165, 1.54) is 18.1 Å². The largest absolute Gasteiger partial charge is 0.496 e. The molecule has 0 spiro atoms. The Hall–Kier alpha value is -7.58. The zero-order valence-electron chi connectivity index (χ0n) is 47.4. The van der Waals surface area contributed by atoms with Crippen molar-refractivity contribution in [1.82, 2.24) is 0 Å². The zero-order chi connectivity index (χ0) is 55.6. The zero-order valence-corrected chi connectivity index (χ0v) is 47.4. The minimum absolute atomic E-state index is 0.0703. The summed E-state index contributed by atoms with van der Waals surface area (Å²) in [6.45, 7) is 30.9. The molecule has 7 aromatic rings. The quantitative estimate of drug-likeness (QED) is 0.0505. The lowest BCUT2D eigenvalue weighted by atomic mass is 9.70. The van der Waals surface area contributed by atoms with Gasteiger partial charge in [-0.05, 0) is 201 Å². The Kier molecular flexibility index (Phi) is 16.8. The van der Waals surface area contributed by atoms with E-state index in [1.807, 2.05) is 65.8 Å². The van der Waals surface area contributed by atoms with Crippen molar-refractivity contribution >= 4 is 23.7 Å². The first-order valence-electron chi connectivity index (χ1n) is 26.3. The van der Waals surface area contributed by atoms with Gasteiger partial charge >= 0.3 is 17.9 Å². The topological polar surface area (TPSA) is 105 Å². The lowest BCUT2D eigenvalue weighted by Crippen LogP contribution is -2.27. The van der Waals surface area contributed by atoms with Crippen LogP contribution in [0.2, 0.25) is 0 Å². The Morgan fingerprint density at radius 3 is 0.829 bits per heavy atom. The molecule has 0 saturated heterocycles. The third-order valence-corrected chi connectivity index (χ3v) is 14.9. The van der Waals surface area contributed by atoms with Gasteiger partial charge in [-0.3, -0.25) is 4.79 Å². The third kappa shape index (κ3) is 11.9. The van der Waals surface area contributed by atoms with Crippen molar-refractivity contribution in [2.24, 2.45) is 11.8 Å². The summed E-state index contributed by atoms with van der Waals surface area (Å²) in [6.07, 6.45) is 1.78. The van der Waals surface area contributed by atoms with E-state index in [0.717, 1.165) is 85.4 Å². The van der Waals surface area contributed by atoms with E-state index in [2.05, 4.69) is 104 Å². The highest BCUT2D eigenvalue weighted by Crippen LogP contribution is 2.45. The second-order valence-corrected chi connectivity index (χ2v) is 22.3. The summed E-state index contributed by atoms with van der Waals surface area (Å²) in [4.78, 5) is 52.4. The van der Waals surface area contributed by atoms with E-state index in [-0.39, 0.29) is 11.2 Å². The molecule has 7 aromatic carbocycles. The summed E-state index contributed by atoms with van der Waals surface area (Å²) in [5.41, 5.74) is 14.7. The molecule has 0 fully saturated rings. The van der Waals surface area contributed by atoms with Crippen molar-refractivity contribution < 1.29 is 38.1 Å². The molecule has 394 valence electrons. The maximum Gasteiger partial charge on any atom is 0.343 e. The molecule has 0 amide bonds. The molecule has 7 rings (SSSR count). The Bertz CT molecular complexity index is 3250. The van der Waals surface area contributed by atoms with Gasteiger partial charge in [0, 0.05) is 16.4 Å². The fraction of sp³-hybridized carbons (Fsp3) is 0.324. The van der Waals surface area contributed by atoms with Crippen LogP contribution in [0.1, 0.15) is 170 Å². The van der Waals surface area contributed by atoms with Gasteiger partial charge in [0.1, 0.15) is 23.0 Å². The average Bonchev–Trinajstić information content (AvgIpc) is 3.36. The molecule has 0 saturated carbocycles. The molecule has 0 heterocycles. The second kappa shape index (κ2) is 22.7. The van der Waals surface area contributed by atoms with Gasteiger partial charge < -0.3 is 18.9 Å². The maximum atomic E-state index is 13.7. The van der Waals surface area contributed by atoms with Gasteiger partial charge in [0.25, 0.3) is 0 Å². The molecule has 8 heteroatoms. The van der Waals surface area contributed by atoms with Gasteiger partial charge in [-0.25, -0.2) is 14.4 Å². The summed E-state index contributed by atoms with van der Waals surface area (Å²) in [7, 11) is 1.72. The smallest absolute Gasteiger partial charge is 0.343 e. The molecule has 2 atom stereocenters. The average molecular weight is 1020 g/mol. The Morgan fingerprint density at radius 1 is 0.382 bits per heavy atom. The van der Waals surface area contributed by atoms with Gasteiger partial charge in [0.2, 0.25) is 0 Å². The van der Waals surface area contributed by atoms with Crippen LogP contribution in [0.5, 0.6) is 23.0 Å². The van der Waals surface area contributed by atoms with Crippen molar-refractivity contribution in [3.8, 4) is 34.1 Å². The number of carbonyl (C=O) groups is 4. The van der Waals surface area contributed by atoms with E-state index >= 15 is 0 Å². The molecule has 76 heavy (non-hydrogen) atoms. The monoisotopic (exact) mass is 1020 g/mol. The van der Waals surface area contributed by atoms with E-state index in [0.29, 0.717) is 51.3 Å². The van der Waals surface area contributed by atoms with Gasteiger partial charge in [-0.15, -0.1) is 0 Å². The van der Waals surface area contributed by atoms with Crippen LogP contribution in [0.4, 0.5) is 0 Å². The lowest BCUT2D eigenvalue weighted by molar-refractivity contribution is 0.0723. The molecule has 0 aliphatic rings. The molecular weight excluding hydrogens is 945 g/mol. The molecule has 8 nitrogen and oxygen atoms in total. The highest BCUT2D eigenvalue weighted by atomic mass is 16.5. The van der Waals surface area contributed by atoms with Crippen LogP contribution < -0.4 is 18.9 Å². The van der Waals surface area contributed by atoms with E-state index < -0.39 is 23.3 Å². The van der Waals surface area contributed by atoms with Gasteiger partial charge in [0.15, 0.2) is 5.78 Å². The molecule has 0 bridgehead atoms. The maximum absolute atomic E-state index is 13.7. The highest BCUT2D eigenvalue weighted by molar-refractivity contribution is 5.97. The number of esters is 3. The first-order valence-corrected chi connectivity index (χ1v) is 26.3. The van der Waals surface area contributed by atoms with Crippen molar-refractivity contribution in [3.63, 3.8) is 0 Å². The molecule has 2 unspecified atom stereocenters. The van der Waals surface area contributed by atoms with Crippen LogP contribution in [0.25, 0.3) is 11.1 Å². The molecular formula is C68H74O8. The number of hydrogen-bond donors (Lipinski definition) is 0. The van der Waals surface area contributed by atoms with Gasteiger partial charge in [0.05, 0.1) is 23.8 Å². The molecule has 0 radical (unpaired) electrons. The first kappa shape index (κ1) is 56.2. The summed E-state index contributed by atoms with van der Waals surface area (Å²) >= 11 is 0. The minimum atomic E-state index is -0.488. The number of ether oxygens (including phenoxy) is 4.